The van der Waals surface area contributed by atoms with Gasteiger partial charge in [0.25, 0.3) is 11.8 Å². The number of carbonyl (C=O) groups is 2. The second kappa shape index (κ2) is 4.29. The lowest BCUT2D eigenvalue weighted by atomic mass is 9.84. The fourth-order valence-electron chi connectivity index (χ4n) is 1.99. The molecule has 2 amide bonds. The third kappa shape index (κ3) is 2.27. The minimum atomic E-state index is -0.356. The van der Waals surface area contributed by atoms with E-state index in [-0.39, 0.29) is 23.0 Å². The van der Waals surface area contributed by atoms with Gasteiger partial charge in [-0.3, -0.25) is 14.5 Å². The maximum atomic E-state index is 11.5. The quantitative estimate of drug-likeness (QED) is 0.823. The summed E-state index contributed by atoms with van der Waals surface area (Å²) >= 11 is 0. The Morgan fingerprint density at radius 1 is 1.06 bits per heavy atom. The summed E-state index contributed by atoms with van der Waals surface area (Å²) in [6.45, 7) is 4.24. The van der Waals surface area contributed by atoms with Crippen molar-refractivity contribution in [2.75, 3.05) is 6.54 Å². The lowest BCUT2D eigenvalue weighted by Gasteiger charge is -2.29. The van der Waals surface area contributed by atoms with Crippen LogP contribution in [0.1, 0.15) is 19.4 Å². The van der Waals surface area contributed by atoms with E-state index in [2.05, 4.69) is 0 Å². The number of hydrogen-bond acceptors (Lipinski definition) is 3. The van der Waals surface area contributed by atoms with E-state index in [1.165, 1.54) is 17.1 Å². The van der Waals surface area contributed by atoms with Crippen molar-refractivity contribution in [1.82, 2.24) is 4.90 Å². The van der Waals surface area contributed by atoms with Gasteiger partial charge in [0, 0.05) is 24.1 Å². The molecule has 1 heterocycles. The van der Waals surface area contributed by atoms with Crippen molar-refractivity contribution >= 4 is 11.8 Å². The van der Waals surface area contributed by atoms with E-state index < -0.39 is 0 Å². The molecule has 0 unspecified atom stereocenters. The third-order valence-corrected chi connectivity index (χ3v) is 3.10. The zero-order chi connectivity index (χ0) is 13.3. The molecule has 94 valence electrons. The largest absolute Gasteiger partial charge is 0.508 e. The molecule has 4 nitrogen and oxygen atoms in total. The Hall–Kier alpha value is -2.10. The zero-order valence-electron chi connectivity index (χ0n) is 10.4. The topological polar surface area (TPSA) is 57.6 Å². The molecule has 0 radical (unpaired) electrons. The predicted octanol–water partition coefficient (Wildman–Crippen LogP) is 1.59. The second-order valence-electron chi connectivity index (χ2n) is 5.03. The van der Waals surface area contributed by atoms with Gasteiger partial charge in [0.2, 0.25) is 0 Å². The van der Waals surface area contributed by atoms with Crippen molar-refractivity contribution < 1.29 is 14.7 Å². The molecule has 1 aromatic rings. The first-order chi connectivity index (χ1) is 8.40. The number of amides is 2. The highest BCUT2D eigenvalue weighted by atomic mass is 16.3. The van der Waals surface area contributed by atoms with Gasteiger partial charge in [-0.05, 0) is 17.7 Å². The van der Waals surface area contributed by atoms with Crippen molar-refractivity contribution in [3.8, 4) is 5.75 Å². The molecule has 4 heteroatoms. The minimum Gasteiger partial charge on any atom is -0.508 e. The van der Waals surface area contributed by atoms with E-state index in [4.69, 9.17) is 0 Å². The van der Waals surface area contributed by atoms with Gasteiger partial charge in [-0.2, -0.15) is 0 Å². The molecule has 0 bridgehead atoms. The van der Waals surface area contributed by atoms with Crippen LogP contribution in [0, 0.1) is 0 Å². The number of carbonyl (C=O) groups excluding carboxylic acids is 2. The number of phenols is 1. The van der Waals surface area contributed by atoms with E-state index in [1.807, 2.05) is 13.8 Å². The van der Waals surface area contributed by atoms with Crippen molar-refractivity contribution in [3.05, 3.63) is 42.0 Å². The van der Waals surface area contributed by atoms with Gasteiger partial charge in [0.1, 0.15) is 5.75 Å². The van der Waals surface area contributed by atoms with Crippen LogP contribution in [0.2, 0.25) is 0 Å². The number of imide groups is 1. The molecule has 1 N–H and O–H groups in total. The van der Waals surface area contributed by atoms with Crippen LogP contribution >= 0.6 is 0 Å². The van der Waals surface area contributed by atoms with Crippen LogP contribution in [-0.4, -0.2) is 28.4 Å². The SMILES string of the molecule is CC(C)(CN1C(=O)C=CC1=O)c1ccc(O)cc1. The monoisotopic (exact) mass is 245 g/mol. The van der Waals surface area contributed by atoms with Crippen LogP contribution in [0.5, 0.6) is 5.75 Å². The van der Waals surface area contributed by atoms with Gasteiger partial charge in [0.15, 0.2) is 0 Å². The summed E-state index contributed by atoms with van der Waals surface area (Å²) in [7, 11) is 0. The van der Waals surface area contributed by atoms with E-state index >= 15 is 0 Å². The van der Waals surface area contributed by atoms with Crippen LogP contribution in [0.15, 0.2) is 36.4 Å². The standard InChI is InChI=1S/C14H15NO3/c1-14(2,10-3-5-11(16)6-4-10)9-15-12(17)7-8-13(15)18/h3-8,16H,9H2,1-2H3. The molecule has 0 saturated heterocycles. The summed E-state index contributed by atoms with van der Waals surface area (Å²) in [5.74, 6) is -0.344. The molecule has 2 rings (SSSR count). The molecule has 1 aliphatic rings. The Bertz CT molecular complexity index is 496. The molecule has 18 heavy (non-hydrogen) atoms. The minimum absolute atomic E-state index is 0.199. The molecule has 1 aromatic carbocycles. The van der Waals surface area contributed by atoms with Crippen LogP contribution < -0.4 is 0 Å². The van der Waals surface area contributed by atoms with E-state index in [9.17, 15) is 14.7 Å². The molecule has 0 spiro atoms. The van der Waals surface area contributed by atoms with Gasteiger partial charge < -0.3 is 5.11 Å². The first kappa shape index (κ1) is 12.4. The summed E-state index contributed by atoms with van der Waals surface area (Å²) < 4.78 is 0. The number of aromatic hydroxyl groups is 1. The van der Waals surface area contributed by atoms with E-state index in [0.29, 0.717) is 6.54 Å². The first-order valence-electron chi connectivity index (χ1n) is 5.73. The third-order valence-electron chi connectivity index (χ3n) is 3.10. The van der Waals surface area contributed by atoms with Crippen molar-refractivity contribution in [1.29, 1.82) is 0 Å². The van der Waals surface area contributed by atoms with Crippen molar-refractivity contribution in [2.45, 2.75) is 19.3 Å². The highest BCUT2D eigenvalue weighted by Crippen LogP contribution is 2.27. The fraction of sp³-hybridized carbons (Fsp3) is 0.286. The Morgan fingerprint density at radius 2 is 1.56 bits per heavy atom. The van der Waals surface area contributed by atoms with Crippen molar-refractivity contribution in [3.63, 3.8) is 0 Å². The Kier molecular flexibility index (Phi) is 2.95. The summed E-state index contributed by atoms with van der Waals surface area (Å²) in [6, 6.07) is 6.80. The highest BCUT2D eigenvalue weighted by molar-refractivity contribution is 6.12. The van der Waals surface area contributed by atoms with Crippen LogP contribution in [0.3, 0.4) is 0 Å². The predicted molar refractivity (Wildman–Crippen MR) is 67.0 cm³/mol. The number of benzene rings is 1. The van der Waals surface area contributed by atoms with Crippen LogP contribution in [-0.2, 0) is 15.0 Å². The molecule has 0 aliphatic carbocycles. The average molecular weight is 245 g/mol. The summed E-state index contributed by atoms with van der Waals surface area (Å²) in [5, 5.41) is 9.26. The lowest BCUT2D eigenvalue weighted by Crippen LogP contribution is -2.40. The Labute approximate surface area is 106 Å². The molecular formula is C14H15NO3. The average Bonchev–Trinajstić information content (AvgIpc) is 2.61. The fourth-order valence-corrected chi connectivity index (χ4v) is 1.99. The normalized spacial score (nSPS) is 15.6. The van der Waals surface area contributed by atoms with E-state index in [0.717, 1.165) is 5.56 Å². The van der Waals surface area contributed by atoms with Crippen LogP contribution in [0.25, 0.3) is 0 Å². The molecule has 0 aromatic heterocycles. The molecule has 1 aliphatic heterocycles. The number of nitrogens with zero attached hydrogens (tertiary/aromatic N) is 1. The summed E-state index contributed by atoms with van der Waals surface area (Å²) in [5.41, 5.74) is 0.609. The van der Waals surface area contributed by atoms with Gasteiger partial charge in [-0.1, -0.05) is 26.0 Å². The van der Waals surface area contributed by atoms with Gasteiger partial charge >= 0.3 is 0 Å². The highest BCUT2D eigenvalue weighted by Gasteiger charge is 2.31. The maximum absolute atomic E-state index is 11.5. The second-order valence-corrected chi connectivity index (χ2v) is 5.03. The van der Waals surface area contributed by atoms with Gasteiger partial charge in [-0.15, -0.1) is 0 Å². The number of hydrogen-bond donors (Lipinski definition) is 1. The summed E-state index contributed by atoms with van der Waals surface area (Å²) in [6.07, 6.45) is 2.57. The Balaban J connectivity index is 2.19. The molecule has 0 atom stereocenters. The maximum Gasteiger partial charge on any atom is 0.253 e. The molecule has 0 saturated carbocycles. The molecule has 0 fully saturated rings. The molecular weight excluding hydrogens is 230 g/mol. The van der Waals surface area contributed by atoms with Gasteiger partial charge in [-0.25, -0.2) is 0 Å². The number of phenolic OH excluding ortho intramolecular Hbond substituents is 1. The summed E-state index contributed by atoms with van der Waals surface area (Å²) in [4.78, 5) is 24.3. The van der Waals surface area contributed by atoms with E-state index in [1.54, 1.807) is 24.3 Å². The lowest BCUT2D eigenvalue weighted by molar-refractivity contribution is -0.137. The zero-order valence-corrected chi connectivity index (χ0v) is 10.4. The van der Waals surface area contributed by atoms with Gasteiger partial charge in [0.05, 0.1) is 0 Å². The first-order valence-corrected chi connectivity index (χ1v) is 5.73. The van der Waals surface area contributed by atoms with Crippen molar-refractivity contribution in [2.24, 2.45) is 0 Å². The number of rotatable bonds is 3. The smallest absolute Gasteiger partial charge is 0.253 e. The van der Waals surface area contributed by atoms with Crippen LogP contribution in [0.4, 0.5) is 0 Å². The Morgan fingerprint density at radius 3 is 2.06 bits per heavy atom.